The van der Waals surface area contributed by atoms with Crippen LogP contribution in [0.5, 0.6) is 0 Å². The summed E-state index contributed by atoms with van der Waals surface area (Å²) in [5.41, 5.74) is 5.32. The highest BCUT2D eigenvalue weighted by molar-refractivity contribution is 5.83. The van der Waals surface area contributed by atoms with E-state index in [1.165, 1.54) is 30.4 Å². The number of nitrogens with zero attached hydrogens (tertiary/aromatic N) is 5. The Kier molecular flexibility index (Phi) is 7.11. The van der Waals surface area contributed by atoms with E-state index >= 15 is 0 Å². The molecular formula is C31H38N6O. The summed E-state index contributed by atoms with van der Waals surface area (Å²) < 4.78 is 2.05. The molecule has 4 aromatic rings. The second kappa shape index (κ2) is 10.8. The van der Waals surface area contributed by atoms with Crippen LogP contribution in [0.3, 0.4) is 0 Å². The first-order valence-electron chi connectivity index (χ1n) is 14.3. The van der Waals surface area contributed by atoms with Crippen LogP contribution in [0.4, 0.5) is 0 Å². The maximum absolute atomic E-state index is 13.7. The maximum Gasteiger partial charge on any atom is 0.253 e. The number of benzene rings is 2. The summed E-state index contributed by atoms with van der Waals surface area (Å²) in [5.74, 6) is 1.46. The van der Waals surface area contributed by atoms with Crippen molar-refractivity contribution in [3.8, 4) is 0 Å². The third-order valence-corrected chi connectivity index (χ3v) is 8.70. The lowest BCUT2D eigenvalue weighted by Gasteiger charge is -2.37. The van der Waals surface area contributed by atoms with Crippen LogP contribution in [0.2, 0.25) is 0 Å². The van der Waals surface area contributed by atoms with Gasteiger partial charge in [0.2, 0.25) is 0 Å². The zero-order valence-corrected chi connectivity index (χ0v) is 22.6. The van der Waals surface area contributed by atoms with Gasteiger partial charge >= 0.3 is 0 Å². The van der Waals surface area contributed by atoms with Crippen molar-refractivity contribution in [2.45, 2.75) is 77.3 Å². The number of pyridine rings is 1. The zero-order chi connectivity index (χ0) is 26.1. The Labute approximate surface area is 224 Å². The number of fused-ring (bicyclic) bond motifs is 1. The van der Waals surface area contributed by atoms with E-state index in [4.69, 9.17) is 0 Å². The van der Waals surface area contributed by atoms with Crippen LogP contribution in [0, 0.1) is 19.8 Å². The fraction of sp³-hybridized carbons (Fsp3) is 0.484. The minimum absolute atomic E-state index is 0.0443. The van der Waals surface area contributed by atoms with E-state index in [1.54, 1.807) is 0 Å². The van der Waals surface area contributed by atoms with Gasteiger partial charge in [-0.2, -0.15) is 0 Å². The molecule has 1 atom stereocenters. The molecule has 7 heteroatoms. The van der Waals surface area contributed by atoms with Crippen molar-refractivity contribution in [3.05, 3.63) is 87.0 Å². The maximum atomic E-state index is 13.7. The van der Waals surface area contributed by atoms with E-state index in [0.29, 0.717) is 12.0 Å². The molecule has 0 radical (unpaired) electrons. The number of hydrogen-bond donors (Lipinski definition) is 1. The zero-order valence-electron chi connectivity index (χ0n) is 22.6. The van der Waals surface area contributed by atoms with Gasteiger partial charge in [0.25, 0.3) is 5.56 Å². The van der Waals surface area contributed by atoms with Crippen molar-refractivity contribution < 1.29 is 0 Å². The fourth-order valence-corrected chi connectivity index (χ4v) is 6.72. The van der Waals surface area contributed by atoms with Gasteiger partial charge in [0.15, 0.2) is 5.82 Å². The third-order valence-electron chi connectivity index (χ3n) is 8.70. The second-order valence-electron chi connectivity index (χ2n) is 11.4. The highest BCUT2D eigenvalue weighted by Gasteiger charge is 2.35. The van der Waals surface area contributed by atoms with Crippen LogP contribution in [0.1, 0.15) is 85.1 Å². The third kappa shape index (κ3) is 5.04. The predicted octanol–water partition coefficient (Wildman–Crippen LogP) is 5.68. The molecule has 7 nitrogen and oxygen atoms in total. The second-order valence-corrected chi connectivity index (χ2v) is 11.4. The summed E-state index contributed by atoms with van der Waals surface area (Å²) in [6.45, 7) is 6.03. The van der Waals surface area contributed by atoms with E-state index in [-0.39, 0.29) is 11.6 Å². The van der Waals surface area contributed by atoms with E-state index < -0.39 is 0 Å². The average molecular weight is 511 g/mol. The molecule has 2 aliphatic rings. The molecule has 38 heavy (non-hydrogen) atoms. The van der Waals surface area contributed by atoms with Gasteiger partial charge in [0.05, 0.1) is 6.04 Å². The van der Waals surface area contributed by atoms with Gasteiger partial charge < -0.3 is 4.98 Å². The highest BCUT2D eigenvalue weighted by Crippen LogP contribution is 2.35. The SMILES string of the molecule is Cc1cc(C)c2cc([C@H](c3nnnn3C3CCCCC3)N3CCC(Cc4ccccc4)CC3)c(=O)[nH]c2c1. The van der Waals surface area contributed by atoms with Crippen LogP contribution < -0.4 is 5.56 Å². The summed E-state index contributed by atoms with van der Waals surface area (Å²) in [7, 11) is 0. The van der Waals surface area contributed by atoms with Crippen LogP contribution in [-0.2, 0) is 6.42 Å². The number of tetrazole rings is 1. The van der Waals surface area contributed by atoms with Gasteiger partial charge in [-0.3, -0.25) is 9.69 Å². The van der Waals surface area contributed by atoms with Crippen molar-refractivity contribution in [2.75, 3.05) is 13.1 Å². The number of nitrogens with one attached hydrogen (secondary N) is 1. The van der Waals surface area contributed by atoms with Crippen LogP contribution in [-0.4, -0.2) is 43.2 Å². The van der Waals surface area contributed by atoms with Crippen molar-refractivity contribution >= 4 is 10.9 Å². The smallest absolute Gasteiger partial charge is 0.253 e. The van der Waals surface area contributed by atoms with E-state index in [9.17, 15) is 4.79 Å². The van der Waals surface area contributed by atoms with Gasteiger partial charge in [-0.1, -0.05) is 55.7 Å². The summed E-state index contributed by atoms with van der Waals surface area (Å²) >= 11 is 0. The summed E-state index contributed by atoms with van der Waals surface area (Å²) in [5, 5.41) is 14.3. The first kappa shape index (κ1) is 25.0. The topological polar surface area (TPSA) is 79.7 Å². The number of rotatable bonds is 6. The molecule has 1 saturated carbocycles. The number of hydrogen-bond acceptors (Lipinski definition) is 5. The molecule has 3 heterocycles. The Balaban J connectivity index is 1.37. The van der Waals surface area contributed by atoms with Crippen LogP contribution in [0.25, 0.3) is 10.9 Å². The molecule has 0 amide bonds. The Bertz CT molecular complexity index is 1440. The molecule has 1 aliphatic heterocycles. The quantitative estimate of drug-likeness (QED) is 0.361. The van der Waals surface area contributed by atoms with Crippen LogP contribution in [0.15, 0.2) is 53.3 Å². The van der Waals surface area contributed by atoms with Crippen LogP contribution >= 0.6 is 0 Å². The molecular weight excluding hydrogens is 472 g/mol. The normalized spacial score (nSPS) is 18.7. The molecule has 2 aromatic heterocycles. The van der Waals surface area contributed by atoms with E-state index in [1.807, 2.05) is 4.68 Å². The van der Waals surface area contributed by atoms with Crippen molar-refractivity contribution in [2.24, 2.45) is 5.92 Å². The van der Waals surface area contributed by atoms with Crippen molar-refractivity contribution in [1.82, 2.24) is 30.1 Å². The largest absolute Gasteiger partial charge is 0.322 e. The standard InChI is InChI=1S/C31H38N6O/c1-21-17-22(2)26-20-27(31(38)32-28(26)18-21)29(30-33-34-35-37(30)25-11-7-4-8-12-25)36-15-13-24(14-16-36)19-23-9-5-3-6-10-23/h3,5-6,9-10,17-18,20,24-25,29H,4,7-8,11-16,19H2,1-2H3,(H,32,38)/t29-/m1/s1. The van der Waals surface area contributed by atoms with E-state index in [0.717, 1.165) is 73.0 Å². The van der Waals surface area contributed by atoms with E-state index in [2.05, 4.69) is 87.8 Å². The molecule has 0 spiro atoms. The fourth-order valence-electron chi connectivity index (χ4n) is 6.72. The summed E-state index contributed by atoms with van der Waals surface area (Å²) in [6.07, 6.45) is 9.17. The van der Waals surface area contributed by atoms with Gasteiger partial charge in [-0.25, -0.2) is 4.68 Å². The molecule has 2 fully saturated rings. The van der Waals surface area contributed by atoms with Gasteiger partial charge in [0.1, 0.15) is 6.04 Å². The Hall–Kier alpha value is -3.32. The molecule has 1 saturated heterocycles. The molecule has 1 aliphatic carbocycles. The first-order chi connectivity index (χ1) is 18.6. The average Bonchev–Trinajstić information content (AvgIpc) is 3.41. The molecule has 6 rings (SSSR count). The Morgan fingerprint density at radius 1 is 0.974 bits per heavy atom. The lowest BCUT2D eigenvalue weighted by Crippen LogP contribution is -2.41. The molecule has 0 unspecified atom stereocenters. The molecule has 1 N–H and O–H groups in total. The minimum Gasteiger partial charge on any atom is -0.322 e. The number of aromatic amines is 1. The van der Waals surface area contributed by atoms with Crippen molar-refractivity contribution in [3.63, 3.8) is 0 Å². The number of piperidine rings is 1. The number of aromatic nitrogens is 5. The van der Waals surface area contributed by atoms with Crippen molar-refractivity contribution in [1.29, 1.82) is 0 Å². The summed E-state index contributed by atoms with van der Waals surface area (Å²) in [4.78, 5) is 19.3. The van der Waals surface area contributed by atoms with Gasteiger partial charge in [-0.15, -0.1) is 5.10 Å². The monoisotopic (exact) mass is 510 g/mol. The Morgan fingerprint density at radius 3 is 2.50 bits per heavy atom. The molecule has 198 valence electrons. The lowest BCUT2D eigenvalue weighted by atomic mass is 9.88. The molecule has 0 bridgehead atoms. The number of likely N-dealkylation sites (tertiary alicyclic amines) is 1. The number of H-pyrrole nitrogens is 1. The van der Waals surface area contributed by atoms with Gasteiger partial charge in [-0.05, 0) is 104 Å². The predicted molar refractivity (Wildman–Crippen MR) is 150 cm³/mol. The molecule has 2 aromatic carbocycles. The minimum atomic E-state index is -0.265. The Morgan fingerprint density at radius 2 is 1.74 bits per heavy atom. The van der Waals surface area contributed by atoms with Gasteiger partial charge in [0, 0.05) is 16.5 Å². The lowest BCUT2D eigenvalue weighted by molar-refractivity contribution is 0.140. The number of aryl methyl sites for hydroxylation is 2. The highest BCUT2D eigenvalue weighted by atomic mass is 16.1. The summed E-state index contributed by atoms with van der Waals surface area (Å²) in [6, 6.07) is 17.2. The first-order valence-corrected chi connectivity index (χ1v) is 14.3.